The molecule has 13 heteroatoms. The molecule has 5 rings (SSSR count). The van der Waals surface area contributed by atoms with Crippen molar-refractivity contribution in [2.24, 2.45) is 0 Å². The lowest BCUT2D eigenvalue weighted by Gasteiger charge is -2.32. The van der Waals surface area contributed by atoms with E-state index >= 15 is 0 Å². The Bertz CT molecular complexity index is 1540. The second-order valence-electron chi connectivity index (χ2n) is 9.34. The molecule has 1 amide bonds. The van der Waals surface area contributed by atoms with Gasteiger partial charge in [-0.25, -0.2) is 15.0 Å². The number of alkyl halides is 3. The van der Waals surface area contributed by atoms with Gasteiger partial charge >= 0.3 is 6.18 Å². The average Bonchev–Trinajstić information content (AvgIpc) is 3.33. The molecule has 1 atom stereocenters. The SMILES string of the molecule is Cc1nc(C(=O)Nc2ccc(C)c(Nc3nccc(-c4cncc(N5CCO[C@H](C)C5)c4)n3)c2)c(C(F)(F)F)o1. The van der Waals surface area contributed by atoms with Crippen LogP contribution in [0.3, 0.4) is 0 Å². The Hall–Kier alpha value is -4.52. The number of nitrogens with zero attached hydrogens (tertiary/aromatic N) is 5. The van der Waals surface area contributed by atoms with Gasteiger partial charge in [0.15, 0.2) is 11.6 Å². The van der Waals surface area contributed by atoms with Gasteiger partial charge in [0.25, 0.3) is 5.91 Å². The molecular formula is C27H26F3N7O3. The third-order valence-corrected chi connectivity index (χ3v) is 6.23. The second-order valence-corrected chi connectivity index (χ2v) is 9.34. The Balaban J connectivity index is 1.35. The highest BCUT2D eigenvalue weighted by Crippen LogP contribution is 2.33. The van der Waals surface area contributed by atoms with Crippen molar-refractivity contribution < 1.29 is 27.1 Å². The number of anilines is 4. The Morgan fingerprint density at radius 1 is 1.12 bits per heavy atom. The first kappa shape index (κ1) is 27.1. The summed E-state index contributed by atoms with van der Waals surface area (Å²) in [5.74, 6) is -2.46. The van der Waals surface area contributed by atoms with E-state index in [9.17, 15) is 18.0 Å². The number of benzene rings is 1. The van der Waals surface area contributed by atoms with Crippen LogP contribution in [0.25, 0.3) is 11.3 Å². The van der Waals surface area contributed by atoms with Crippen molar-refractivity contribution in [2.75, 3.05) is 35.2 Å². The topological polar surface area (TPSA) is 118 Å². The molecule has 1 aromatic carbocycles. The number of pyridine rings is 1. The summed E-state index contributed by atoms with van der Waals surface area (Å²) in [5, 5.41) is 5.58. The summed E-state index contributed by atoms with van der Waals surface area (Å²) in [6.07, 6.45) is 0.417. The smallest absolute Gasteiger partial charge is 0.436 e. The number of morpholine rings is 1. The van der Waals surface area contributed by atoms with Crippen LogP contribution in [-0.2, 0) is 10.9 Å². The number of hydrogen-bond acceptors (Lipinski definition) is 9. The first-order chi connectivity index (χ1) is 19.1. The number of nitrogens with one attached hydrogen (secondary N) is 2. The molecule has 0 saturated carbocycles. The average molecular weight is 554 g/mol. The first-order valence-electron chi connectivity index (χ1n) is 12.5. The van der Waals surface area contributed by atoms with Crippen molar-refractivity contribution in [1.82, 2.24) is 19.9 Å². The van der Waals surface area contributed by atoms with Gasteiger partial charge in [0.1, 0.15) is 0 Å². The Kier molecular flexibility index (Phi) is 7.39. The van der Waals surface area contributed by atoms with E-state index in [0.717, 1.165) is 29.9 Å². The van der Waals surface area contributed by atoms with Gasteiger partial charge in [-0.3, -0.25) is 9.78 Å². The quantitative estimate of drug-likeness (QED) is 0.324. The summed E-state index contributed by atoms with van der Waals surface area (Å²) < 4.78 is 50.0. The van der Waals surface area contributed by atoms with E-state index in [0.29, 0.717) is 23.9 Å². The van der Waals surface area contributed by atoms with Crippen LogP contribution in [0.2, 0.25) is 0 Å². The predicted octanol–water partition coefficient (Wildman–Crippen LogP) is 5.38. The molecule has 1 saturated heterocycles. The van der Waals surface area contributed by atoms with Gasteiger partial charge in [-0.15, -0.1) is 0 Å². The number of carbonyl (C=O) groups is 1. The number of ether oxygens (including phenoxy) is 1. The molecule has 4 heterocycles. The van der Waals surface area contributed by atoms with E-state index < -0.39 is 23.5 Å². The molecule has 0 unspecified atom stereocenters. The number of hydrogen-bond donors (Lipinski definition) is 2. The van der Waals surface area contributed by atoms with Gasteiger partial charge < -0.3 is 24.7 Å². The van der Waals surface area contributed by atoms with E-state index in [-0.39, 0.29) is 17.7 Å². The van der Waals surface area contributed by atoms with Crippen molar-refractivity contribution in [3.8, 4) is 11.3 Å². The van der Waals surface area contributed by atoms with Crippen molar-refractivity contribution in [1.29, 1.82) is 0 Å². The molecule has 0 radical (unpaired) electrons. The third-order valence-electron chi connectivity index (χ3n) is 6.23. The van der Waals surface area contributed by atoms with E-state index in [4.69, 9.17) is 4.74 Å². The Morgan fingerprint density at radius 2 is 1.95 bits per heavy atom. The number of oxazole rings is 1. The first-order valence-corrected chi connectivity index (χ1v) is 12.5. The highest BCUT2D eigenvalue weighted by molar-refractivity contribution is 6.04. The summed E-state index contributed by atoms with van der Waals surface area (Å²) >= 11 is 0. The molecule has 3 aromatic heterocycles. The van der Waals surface area contributed by atoms with Crippen LogP contribution < -0.4 is 15.5 Å². The fraction of sp³-hybridized carbons (Fsp3) is 0.296. The Morgan fingerprint density at radius 3 is 2.73 bits per heavy atom. The minimum Gasteiger partial charge on any atom is -0.436 e. The number of aryl methyl sites for hydroxylation is 2. The maximum atomic E-state index is 13.3. The van der Waals surface area contributed by atoms with Gasteiger partial charge in [0, 0.05) is 49.3 Å². The lowest BCUT2D eigenvalue weighted by atomic mass is 10.1. The van der Waals surface area contributed by atoms with E-state index in [1.807, 2.05) is 26.1 Å². The van der Waals surface area contributed by atoms with E-state index in [1.165, 1.54) is 6.92 Å². The van der Waals surface area contributed by atoms with E-state index in [1.54, 1.807) is 36.7 Å². The lowest BCUT2D eigenvalue weighted by Crippen LogP contribution is -2.41. The Labute approximate surface area is 227 Å². The minimum atomic E-state index is -4.86. The van der Waals surface area contributed by atoms with Crippen LogP contribution in [-0.4, -0.2) is 51.6 Å². The van der Waals surface area contributed by atoms with Gasteiger partial charge in [-0.2, -0.15) is 13.2 Å². The highest BCUT2D eigenvalue weighted by atomic mass is 19.4. The largest absolute Gasteiger partial charge is 0.452 e. The van der Waals surface area contributed by atoms with Crippen LogP contribution in [0, 0.1) is 13.8 Å². The molecule has 1 aliphatic rings. The van der Waals surface area contributed by atoms with Crippen LogP contribution in [0.1, 0.15) is 34.6 Å². The molecule has 40 heavy (non-hydrogen) atoms. The fourth-order valence-electron chi connectivity index (χ4n) is 4.29. The maximum Gasteiger partial charge on any atom is 0.452 e. The number of amides is 1. The summed E-state index contributed by atoms with van der Waals surface area (Å²) in [7, 11) is 0. The van der Waals surface area contributed by atoms with Crippen molar-refractivity contribution in [3.05, 3.63) is 71.8 Å². The number of aromatic nitrogens is 4. The summed E-state index contributed by atoms with van der Waals surface area (Å²) in [6.45, 7) is 7.28. The van der Waals surface area contributed by atoms with Crippen LogP contribution in [0.4, 0.5) is 36.2 Å². The number of rotatable bonds is 6. The second kappa shape index (κ2) is 10.9. The molecule has 0 spiro atoms. The molecule has 0 aliphatic carbocycles. The molecule has 10 nitrogen and oxygen atoms in total. The predicted molar refractivity (Wildman–Crippen MR) is 142 cm³/mol. The summed E-state index contributed by atoms with van der Waals surface area (Å²) in [5.41, 5.74) is 3.19. The standard InChI is InChI=1S/C27H26F3N7O3/c1-15-4-5-19(34-25(38)23-24(27(28,29)30)40-17(3)33-23)11-22(15)36-26-32-7-6-21(35-26)18-10-20(13-31-12-18)37-8-9-39-16(2)14-37/h4-7,10-13,16H,8-9,14H2,1-3H3,(H,34,38)(H,32,35,36)/t16-/m1/s1. The number of halogens is 3. The molecule has 208 valence electrons. The monoisotopic (exact) mass is 553 g/mol. The zero-order valence-corrected chi connectivity index (χ0v) is 21.9. The van der Waals surface area contributed by atoms with Crippen LogP contribution >= 0.6 is 0 Å². The zero-order chi connectivity index (χ0) is 28.4. The molecule has 1 fully saturated rings. The number of carbonyl (C=O) groups excluding carboxylic acids is 1. The lowest BCUT2D eigenvalue weighted by molar-refractivity contribution is -0.153. The van der Waals surface area contributed by atoms with Crippen LogP contribution in [0.15, 0.2) is 53.3 Å². The van der Waals surface area contributed by atoms with Crippen molar-refractivity contribution >= 4 is 28.9 Å². The van der Waals surface area contributed by atoms with E-state index in [2.05, 4.69) is 39.9 Å². The molecular weight excluding hydrogens is 527 g/mol. The minimum absolute atomic E-state index is 0.128. The van der Waals surface area contributed by atoms with Crippen molar-refractivity contribution in [3.63, 3.8) is 0 Å². The molecule has 0 bridgehead atoms. The van der Waals surface area contributed by atoms with Gasteiger partial charge in [-0.1, -0.05) is 6.07 Å². The molecule has 2 N–H and O–H groups in total. The molecule has 1 aliphatic heterocycles. The summed E-state index contributed by atoms with van der Waals surface area (Å²) in [4.78, 5) is 31.7. The fourth-order valence-corrected chi connectivity index (χ4v) is 4.29. The van der Waals surface area contributed by atoms with Crippen molar-refractivity contribution in [2.45, 2.75) is 33.1 Å². The maximum absolute atomic E-state index is 13.3. The van der Waals surface area contributed by atoms with Gasteiger partial charge in [-0.05, 0) is 43.7 Å². The summed E-state index contributed by atoms with van der Waals surface area (Å²) in [6, 6.07) is 8.64. The van der Waals surface area contributed by atoms with Gasteiger partial charge in [0.05, 0.1) is 30.3 Å². The normalized spacial score (nSPS) is 15.7. The third kappa shape index (κ3) is 6.04. The zero-order valence-electron chi connectivity index (χ0n) is 21.9. The van der Waals surface area contributed by atoms with Crippen LogP contribution in [0.5, 0.6) is 0 Å². The van der Waals surface area contributed by atoms with Gasteiger partial charge in [0.2, 0.25) is 11.7 Å². The molecule has 4 aromatic rings. The highest BCUT2D eigenvalue weighted by Gasteiger charge is 2.41.